The molecule has 0 spiro atoms. The number of nitrogens with zero attached hydrogens (tertiary/aromatic N) is 2. The van der Waals surface area contributed by atoms with E-state index in [1.54, 1.807) is 38.4 Å². The number of carbonyl (C=O) groups excluding carboxylic acids is 4. The Labute approximate surface area is 404 Å². The minimum absolute atomic E-state index is 0.0619. The highest BCUT2D eigenvalue weighted by atomic mass is 16.6. The minimum atomic E-state index is -0.758. The second kappa shape index (κ2) is 22.3. The molecule has 0 fully saturated rings. The zero-order chi connectivity index (χ0) is 50.8. The van der Waals surface area contributed by atoms with Gasteiger partial charge < -0.3 is 66.6 Å². The van der Waals surface area contributed by atoms with E-state index in [1.807, 2.05) is 12.1 Å². The van der Waals surface area contributed by atoms with Crippen LogP contribution < -0.4 is 66.6 Å². The zero-order valence-electron chi connectivity index (χ0n) is 40.7. The van der Waals surface area contributed by atoms with Gasteiger partial charge in [0.05, 0.1) is 82.5 Å². The third-order valence-corrected chi connectivity index (χ3v) is 11.1. The molecule has 0 atom stereocenters. The Hall–Kier alpha value is -8.80. The molecule has 0 radical (unpaired) electrons. The first-order valence-corrected chi connectivity index (χ1v) is 21.1. The lowest BCUT2D eigenvalue weighted by atomic mass is 10.0. The highest BCUT2D eigenvalue weighted by molar-refractivity contribution is 6.08. The zero-order valence-corrected chi connectivity index (χ0v) is 40.7. The van der Waals surface area contributed by atoms with Crippen LogP contribution in [-0.2, 0) is 0 Å². The van der Waals surface area contributed by atoms with Crippen molar-refractivity contribution in [2.24, 2.45) is 0 Å². The Bertz CT molecular complexity index is 2740. The molecule has 18 heteroatoms. The third-order valence-electron chi connectivity index (χ3n) is 11.1. The molecule has 0 bridgehead atoms. The van der Waals surface area contributed by atoms with E-state index < -0.39 is 23.8 Å². The van der Waals surface area contributed by atoms with Crippen molar-refractivity contribution in [3.63, 3.8) is 0 Å². The summed E-state index contributed by atoms with van der Waals surface area (Å²) in [6.07, 6.45) is 0. The molecule has 0 saturated carbocycles. The van der Waals surface area contributed by atoms with Crippen molar-refractivity contribution in [3.05, 3.63) is 119 Å². The predicted octanol–water partition coefficient (Wildman–Crippen LogP) is 8.43. The fraction of sp³-hybridized carbons (Fsp3) is 0.231. The average molecular weight is 961 g/mol. The second-order valence-corrected chi connectivity index (χ2v) is 14.8. The molecule has 366 valence electrons. The van der Waals surface area contributed by atoms with Crippen molar-refractivity contribution >= 4 is 35.1 Å². The van der Waals surface area contributed by atoms with Crippen LogP contribution in [0.5, 0.6) is 69.0 Å². The van der Waals surface area contributed by atoms with Crippen molar-refractivity contribution < 1.29 is 76.0 Å². The Morgan fingerprint density at radius 1 is 0.314 bits per heavy atom. The topological polar surface area (TPSA) is 186 Å². The van der Waals surface area contributed by atoms with Crippen molar-refractivity contribution in [1.82, 2.24) is 0 Å². The number of hydrogen-bond acceptors (Lipinski definition) is 16. The summed E-state index contributed by atoms with van der Waals surface area (Å²) in [4.78, 5) is 57.4. The molecule has 70 heavy (non-hydrogen) atoms. The quantitative estimate of drug-likeness (QED) is 0.0556. The number of carbonyl (C=O) groups is 4. The van der Waals surface area contributed by atoms with Crippen LogP contribution in [0.15, 0.2) is 97.1 Å². The molecule has 0 aromatic heterocycles. The van der Waals surface area contributed by atoms with E-state index >= 15 is 0 Å². The van der Waals surface area contributed by atoms with Crippen LogP contribution >= 0.6 is 0 Å². The number of ether oxygens (including phenoxy) is 12. The third kappa shape index (κ3) is 10.3. The van der Waals surface area contributed by atoms with Crippen LogP contribution in [0.4, 0.5) is 11.4 Å². The molecule has 6 rings (SSSR count). The van der Waals surface area contributed by atoms with Crippen molar-refractivity contribution in [3.8, 4) is 80.1 Å². The van der Waals surface area contributed by atoms with E-state index in [2.05, 4.69) is 0 Å². The van der Waals surface area contributed by atoms with Crippen LogP contribution in [0.1, 0.15) is 41.4 Å². The molecule has 6 aromatic rings. The Morgan fingerprint density at radius 2 is 0.614 bits per heavy atom. The van der Waals surface area contributed by atoms with Gasteiger partial charge in [-0.05, 0) is 71.8 Å². The highest BCUT2D eigenvalue weighted by Gasteiger charge is 2.26. The van der Waals surface area contributed by atoms with Crippen molar-refractivity contribution in [2.75, 3.05) is 95.0 Å². The summed E-state index contributed by atoms with van der Waals surface area (Å²) >= 11 is 0. The molecule has 0 unspecified atom stereocenters. The van der Waals surface area contributed by atoms with Gasteiger partial charge in [0.2, 0.25) is 0 Å². The molecule has 0 aliphatic carbocycles. The van der Waals surface area contributed by atoms with Gasteiger partial charge in [-0.3, -0.25) is 9.59 Å². The lowest BCUT2D eigenvalue weighted by Gasteiger charge is -2.23. The van der Waals surface area contributed by atoms with E-state index in [4.69, 9.17) is 56.8 Å². The summed E-state index contributed by atoms with van der Waals surface area (Å²) < 4.78 is 66.1. The van der Waals surface area contributed by atoms with Crippen LogP contribution in [0.3, 0.4) is 0 Å². The lowest BCUT2D eigenvalue weighted by molar-refractivity contribution is 0.0716. The van der Waals surface area contributed by atoms with Gasteiger partial charge in [-0.2, -0.15) is 0 Å². The molecule has 0 aliphatic rings. The van der Waals surface area contributed by atoms with Gasteiger partial charge in [-0.1, -0.05) is 12.1 Å². The molecule has 0 saturated heterocycles. The van der Waals surface area contributed by atoms with Crippen LogP contribution in [0.2, 0.25) is 0 Å². The number of hydrogen-bond donors (Lipinski definition) is 0. The number of esters is 2. The van der Waals surface area contributed by atoms with Crippen LogP contribution in [0.25, 0.3) is 11.1 Å². The van der Waals surface area contributed by atoms with Gasteiger partial charge in [0, 0.05) is 49.5 Å². The summed E-state index contributed by atoms with van der Waals surface area (Å²) in [5.41, 5.74) is 2.98. The number of methoxy groups -OCH3 is 10. The SMILES string of the molecule is COc1cc(OC)c(C(=O)Oc2ccc(C(=O)N(C)c3ccc(-c4ccc(N(C)C(=O)c5ccc(OC(=O)c6cc(OC)c(OC)cc6OC)c(OC)c5)c(OC)c4)cc3OC)cc2OC)cc1OC. The van der Waals surface area contributed by atoms with Crippen molar-refractivity contribution in [1.29, 1.82) is 0 Å². The number of anilines is 2. The van der Waals surface area contributed by atoms with Crippen molar-refractivity contribution in [2.45, 2.75) is 0 Å². The van der Waals surface area contributed by atoms with Gasteiger partial charge in [-0.25, -0.2) is 9.59 Å². The first kappa shape index (κ1) is 50.6. The maximum atomic E-state index is 13.9. The number of rotatable bonds is 19. The minimum Gasteiger partial charge on any atom is -0.496 e. The average Bonchev–Trinajstić information content (AvgIpc) is 3.40. The van der Waals surface area contributed by atoms with Gasteiger partial charge >= 0.3 is 11.9 Å². The molecule has 6 aromatic carbocycles. The van der Waals surface area contributed by atoms with Crippen LogP contribution in [-0.4, -0.2) is 109 Å². The molecular formula is C52H52N2O16. The lowest BCUT2D eigenvalue weighted by Crippen LogP contribution is -2.27. The summed E-state index contributed by atoms with van der Waals surface area (Å²) in [6.45, 7) is 0. The fourth-order valence-corrected chi connectivity index (χ4v) is 7.33. The van der Waals surface area contributed by atoms with Gasteiger partial charge in [0.15, 0.2) is 46.0 Å². The van der Waals surface area contributed by atoms with Crippen LogP contribution in [0, 0.1) is 0 Å². The summed E-state index contributed by atoms with van der Waals surface area (Å²) in [7, 11) is 17.6. The Kier molecular flexibility index (Phi) is 16.1. The first-order valence-electron chi connectivity index (χ1n) is 21.1. The molecule has 18 nitrogen and oxygen atoms in total. The summed E-state index contributed by atoms with van der Waals surface area (Å²) in [6, 6.07) is 25.4. The van der Waals surface area contributed by atoms with E-state index in [9.17, 15) is 19.2 Å². The largest absolute Gasteiger partial charge is 0.496 e. The number of amides is 2. The molecule has 2 amide bonds. The Balaban J connectivity index is 1.18. The maximum absolute atomic E-state index is 13.9. The van der Waals surface area contributed by atoms with Gasteiger partial charge in [0.1, 0.15) is 34.1 Å². The van der Waals surface area contributed by atoms with E-state index in [1.165, 1.54) is 142 Å². The fourth-order valence-electron chi connectivity index (χ4n) is 7.33. The first-order chi connectivity index (χ1) is 33.7. The van der Waals surface area contributed by atoms with E-state index in [-0.39, 0.29) is 56.8 Å². The smallest absolute Gasteiger partial charge is 0.347 e. The highest BCUT2D eigenvalue weighted by Crippen LogP contribution is 2.41. The standard InChI is InChI=1S/C52H52N2O16/c1-53(49(55)31-15-19-37(43(23-31)63-7)69-51(57)33-25-45(65-9)47(67-11)27-39(33)59-3)35-17-13-29(21-41(35)61-5)30-14-18-36(42(22-30)62-6)54(2)50(56)32-16-20-38(44(24-32)64-8)70-52(58)34-26-46(66-10)48(68-12)28-40(34)60-4/h13-28H,1-12H3. The maximum Gasteiger partial charge on any atom is 0.347 e. The monoisotopic (exact) mass is 960 g/mol. The number of benzene rings is 6. The molecule has 0 aliphatic heterocycles. The molecule has 0 heterocycles. The van der Waals surface area contributed by atoms with Gasteiger partial charge in [0.25, 0.3) is 11.8 Å². The second-order valence-electron chi connectivity index (χ2n) is 14.8. The summed E-state index contributed by atoms with van der Waals surface area (Å²) in [5.74, 6) is 0.538. The van der Waals surface area contributed by atoms with E-state index in [0.29, 0.717) is 45.9 Å². The normalized spacial score (nSPS) is 10.5. The Morgan fingerprint density at radius 3 is 0.929 bits per heavy atom. The molecular weight excluding hydrogens is 909 g/mol. The van der Waals surface area contributed by atoms with E-state index in [0.717, 1.165) is 11.1 Å². The predicted molar refractivity (Wildman–Crippen MR) is 259 cm³/mol. The van der Waals surface area contributed by atoms with Gasteiger partial charge in [-0.15, -0.1) is 0 Å². The molecule has 0 N–H and O–H groups in total. The summed E-state index contributed by atoms with van der Waals surface area (Å²) in [5, 5.41) is 0.